The van der Waals surface area contributed by atoms with Crippen LogP contribution in [0.4, 0.5) is 0 Å². The fourth-order valence-electron chi connectivity index (χ4n) is 2.42. The van der Waals surface area contributed by atoms with Gasteiger partial charge in [0.15, 0.2) is 0 Å². The van der Waals surface area contributed by atoms with E-state index >= 15 is 0 Å². The van der Waals surface area contributed by atoms with Crippen LogP contribution in [0.15, 0.2) is 40.9 Å². The van der Waals surface area contributed by atoms with Gasteiger partial charge in [0, 0.05) is 20.0 Å². The van der Waals surface area contributed by atoms with Gasteiger partial charge in [0.25, 0.3) is 0 Å². The molecule has 0 saturated heterocycles. The normalized spacial score (nSPS) is 14.9. The van der Waals surface area contributed by atoms with E-state index < -0.39 is 0 Å². The van der Waals surface area contributed by atoms with Gasteiger partial charge in [0.1, 0.15) is 5.75 Å². The number of ether oxygens (including phenoxy) is 1. The van der Waals surface area contributed by atoms with Gasteiger partial charge in [-0.05, 0) is 51.9 Å². The lowest BCUT2D eigenvalue weighted by Crippen LogP contribution is -2.14. The number of halogens is 2. The third kappa shape index (κ3) is 2.53. The van der Waals surface area contributed by atoms with Crippen LogP contribution in [0.5, 0.6) is 5.75 Å². The van der Waals surface area contributed by atoms with E-state index in [-0.39, 0.29) is 6.04 Å². The number of rotatable bonds is 2. The summed E-state index contributed by atoms with van der Waals surface area (Å²) >= 11 is 5.89. The highest BCUT2D eigenvalue weighted by Gasteiger charge is 2.23. The Morgan fingerprint density at radius 1 is 1.21 bits per heavy atom. The Bertz CT molecular complexity index is 630. The molecule has 19 heavy (non-hydrogen) atoms. The van der Waals surface area contributed by atoms with Crippen molar-refractivity contribution >= 4 is 38.5 Å². The van der Waals surface area contributed by atoms with Crippen LogP contribution in [0.3, 0.4) is 0 Å². The van der Waals surface area contributed by atoms with Crippen molar-refractivity contribution in [3.05, 3.63) is 61.1 Å². The number of fused-ring (bicyclic) bond motifs is 1. The fourth-order valence-corrected chi connectivity index (χ4v) is 3.67. The molecule has 0 aromatic heterocycles. The van der Waals surface area contributed by atoms with E-state index in [1.807, 2.05) is 12.1 Å². The lowest BCUT2D eigenvalue weighted by atomic mass is 9.97. The highest BCUT2D eigenvalue weighted by atomic mass is 127. The summed E-state index contributed by atoms with van der Waals surface area (Å²) in [4.78, 5) is 0. The van der Waals surface area contributed by atoms with Gasteiger partial charge >= 0.3 is 0 Å². The van der Waals surface area contributed by atoms with Gasteiger partial charge in [-0.1, -0.05) is 34.1 Å². The Morgan fingerprint density at radius 2 is 2.00 bits per heavy atom. The molecule has 0 amide bonds. The van der Waals surface area contributed by atoms with E-state index in [1.165, 1.54) is 9.13 Å². The van der Waals surface area contributed by atoms with Crippen molar-refractivity contribution in [3.63, 3.8) is 0 Å². The zero-order valence-electron chi connectivity index (χ0n) is 10.2. The SMILES string of the molecule is NC(c1ccccc1I)c1cc(Br)cc2c1OCC2. The van der Waals surface area contributed by atoms with Gasteiger partial charge in [-0.2, -0.15) is 0 Å². The third-order valence-corrected chi connectivity index (χ3v) is 4.79. The fraction of sp³-hybridized carbons (Fsp3) is 0.200. The highest BCUT2D eigenvalue weighted by molar-refractivity contribution is 14.1. The van der Waals surface area contributed by atoms with Gasteiger partial charge in [-0.3, -0.25) is 0 Å². The summed E-state index contributed by atoms with van der Waals surface area (Å²) in [5.74, 6) is 0.968. The Balaban J connectivity index is 2.10. The molecule has 3 rings (SSSR count). The first-order valence-corrected chi connectivity index (χ1v) is 7.99. The molecule has 0 spiro atoms. The summed E-state index contributed by atoms with van der Waals surface area (Å²) in [5, 5.41) is 0. The summed E-state index contributed by atoms with van der Waals surface area (Å²) in [6, 6.07) is 12.2. The molecule has 0 aliphatic carbocycles. The van der Waals surface area contributed by atoms with Crippen LogP contribution in [0.25, 0.3) is 0 Å². The minimum atomic E-state index is -0.155. The van der Waals surface area contributed by atoms with Crippen molar-refractivity contribution in [1.29, 1.82) is 0 Å². The van der Waals surface area contributed by atoms with Gasteiger partial charge in [0.2, 0.25) is 0 Å². The number of hydrogen-bond acceptors (Lipinski definition) is 2. The number of hydrogen-bond donors (Lipinski definition) is 1. The van der Waals surface area contributed by atoms with Crippen molar-refractivity contribution in [2.24, 2.45) is 5.73 Å². The smallest absolute Gasteiger partial charge is 0.127 e. The van der Waals surface area contributed by atoms with E-state index in [9.17, 15) is 0 Å². The summed E-state index contributed by atoms with van der Waals surface area (Å²) in [7, 11) is 0. The van der Waals surface area contributed by atoms with Crippen LogP contribution in [-0.2, 0) is 6.42 Å². The summed E-state index contributed by atoms with van der Waals surface area (Å²) in [5.41, 5.74) is 9.89. The molecule has 0 fully saturated rings. The molecule has 1 unspecified atom stereocenters. The number of benzene rings is 2. The van der Waals surface area contributed by atoms with Crippen molar-refractivity contribution in [2.75, 3.05) is 6.61 Å². The molecule has 0 saturated carbocycles. The van der Waals surface area contributed by atoms with E-state index in [4.69, 9.17) is 10.5 Å². The van der Waals surface area contributed by atoms with Crippen LogP contribution in [0.2, 0.25) is 0 Å². The minimum Gasteiger partial charge on any atom is -0.493 e. The molecule has 1 heterocycles. The van der Waals surface area contributed by atoms with Gasteiger partial charge in [0.05, 0.1) is 12.6 Å². The molecule has 1 atom stereocenters. The Kier molecular flexibility index (Phi) is 3.82. The topological polar surface area (TPSA) is 35.2 Å². The summed E-state index contributed by atoms with van der Waals surface area (Å²) < 4.78 is 8.01. The van der Waals surface area contributed by atoms with Crippen LogP contribution in [0, 0.1) is 3.57 Å². The third-order valence-electron chi connectivity index (χ3n) is 3.35. The second-order valence-corrected chi connectivity index (χ2v) is 6.66. The minimum absolute atomic E-state index is 0.155. The predicted molar refractivity (Wildman–Crippen MR) is 88.5 cm³/mol. The maximum Gasteiger partial charge on any atom is 0.127 e. The van der Waals surface area contributed by atoms with Crippen molar-refractivity contribution < 1.29 is 4.74 Å². The molecule has 2 aromatic rings. The predicted octanol–water partition coefficient (Wildman–Crippen LogP) is 4.04. The monoisotopic (exact) mass is 429 g/mol. The Morgan fingerprint density at radius 3 is 2.79 bits per heavy atom. The molecule has 2 nitrogen and oxygen atoms in total. The molecule has 2 N–H and O–H groups in total. The molecular formula is C15H13BrINO. The molecule has 4 heteroatoms. The zero-order valence-corrected chi connectivity index (χ0v) is 13.9. The van der Waals surface area contributed by atoms with E-state index in [0.717, 1.165) is 34.4 Å². The zero-order chi connectivity index (χ0) is 13.4. The number of nitrogens with two attached hydrogens (primary N) is 1. The van der Waals surface area contributed by atoms with Crippen LogP contribution in [-0.4, -0.2) is 6.61 Å². The molecule has 1 aliphatic heterocycles. The lowest BCUT2D eigenvalue weighted by Gasteiger charge is -2.18. The second kappa shape index (κ2) is 5.42. The van der Waals surface area contributed by atoms with Crippen LogP contribution >= 0.6 is 38.5 Å². The van der Waals surface area contributed by atoms with Crippen molar-refractivity contribution in [1.82, 2.24) is 0 Å². The van der Waals surface area contributed by atoms with Crippen molar-refractivity contribution in [2.45, 2.75) is 12.5 Å². The van der Waals surface area contributed by atoms with Gasteiger partial charge in [-0.15, -0.1) is 0 Å². The Labute approximate surface area is 134 Å². The van der Waals surface area contributed by atoms with Crippen molar-refractivity contribution in [3.8, 4) is 5.75 Å². The van der Waals surface area contributed by atoms with E-state index in [1.54, 1.807) is 0 Å². The average molecular weight is 430 g/mol. The van der Waals surface area contributed by atoms with Gasteiger partial charge < -0.3 is 10.5 Å². The molecule has 0 radical (unpaired) electrons. The lowest BCUT2D eigenvalue weighted by molar-refractivity contribution is 0.352. The first kappa shape index (κ1) is 13.4. The second-order valence-electron chi connectivity index (χ2n) is 4.58. The maximum absolute atomic E-state index is 6.45. The Hall–Kier alpha value is -0.590. The van der Waals surface area contributed by atoms with E-state index in [0.29, 0.717) is 0 Å². The summed E-state index contributed by atoms with van der Waals surface area (Å²) in [6.45, 7) is 0.747. The average Bonchev–Trinajstić information content (AvgIpc) is 2.85. The molecule has 1 aliphatic rings. The molecule has 98 valence electrons. The molecular weight excluding hydrogens is 417 g/mol. The standard InChI is InChI=1S/C15H13BrINO/c16-10-7-9-5-6-19-15(9)12(8-10)14(18)11-3-1-2-4-13(11)17/h1-4,7-8,14H,5-6,18H2. The molecule has 0 bridgehead atoms. The van der Waals surface area contributed by atoms with Crippen LogP contribution < -0.4 is 10.5 Å². The maximum atomic E-state index is 6.45. The molecule has 2 aromatic carbocycles. The van der Waals surface area contributed by atoms with Gasteiger partial charge in [-0.25, -0.2) is 0 Å². The van der Waals surface area contributed by atoms with Crippen LogP contribution in [0.1, 0.15) is 22.7 Å². The largest absolute Gasteiger partial charge is 0.493 e. The van der Waals surface area contributed by atoms with E-state index in [2.05, 4.69) is 62.8 Å². The first-order chi connectivity index (χ1) is 9.16. The highest BCUT2D eigenvalue weighted by Crippen LogP contribution is 2.38. The quantitative estimate of drug-likeness (QED) is 0.731. The summed E-state index contributed by atoms with van der Waals surface area (Å²) in [6.07, 6.45) is 0.959. The first-order valence-electron chi connectivity index (χ1n) is 6.12.